The van der Waals surface area contributed by atoms with Gasteiger partial charge in [0, 0.05) is 12.1 Å². The molecule has 4 heteroatoms. The van der Waals surface area contributed by atoms with E-state index in [4.69, 9.17) is 10.2 Å². The van der Waals surface area contributed by atoms with Gasteiger partial charge in [-0.15, -0.1) is 0 Å². The second-order valence-electron chi connectivity index (χ2n) is 3.03. The smallest absolute Gasteiger partial charge is 0.330 e. The van der Waals surface area contributed by atoms with Gasteiger partial charge in [0.1, 0.15) is 0 Å². The van der Waals surface area contributed by atoms with Crippen LogP contribution in [0.1, 0.15) is 20.3 Å². The Morgan fingerprint density at radius 2 is 2.23 bits per heavy atom. The molecule has 0 aliphatic heterocycles. The molecule has 0 spiro atoms. The third-order valence-corrected chi connectivity index (χ3v) is 1.63. The predicted octanol–water partition coefficient (Wildman–Crippen LogP) is 0.378. The topological polar surface area (TPSA) is 69.6 Å². The van der Waals surface area contributed by atoms with Crippen molar-refractivity contribution in [2.24, 2.45) is 0 Å². The van der Waals surface area contributed by atoms with Crippen LogP contribution in [0.25, 0.3) is 0 Å². The van der Waals surface area contributed by atoms with Crippen LogP contribution in [-0.2, 0) is 4.79 Å². The molecular weight excluding hydrogens is 170 g/mol. The van der Waals surface area contributed by atoms with Gasteiger partial charge in [-0.05, 0) is 26.8 Å². The van der Waals surface area contributed by atoms with Crippen molar-refractivity contribution in [3.05, 3.63) is 11.6 Å². The van der Waals surface area contributed by atoms with E-state index in [-0.39, 0.29) is 6.10 Å². The van der Waals surface area contributed by atoms with E-state index >= 15 is 0 Å². The summed E-state index contributed by atoms with van der Waals surface area (Å²) in [5.74, 6) is -0.891. The van der Waals surface area contributed by atoms with Gasteiger partial charge in [-0.1, -0.05) is 6.08 Å². The number of carbonyl (C=O) groups is 1. The first kappa shape index (κ1) is 12.1. The van der Waals surface area contributed by atoms with E-state index in [9.17, 15) is 4.79 Å². The van der Waals surface area contributed by atoms with E-state index in [1.807, 2.05) is 0 Å². The van der Waals surface area contributed by atoms with Crippen molar-refractivity contribution in [3.8, 4) is 0 Å². The van der Waals surface area contributed by atoms with Crippen molar-refractivity contribution in [1.82, 2.24) is 5.32 Å². The van der Waals surface area contributed by atoms with Crippen LogP contribution in [0, 0.1) is 0 Å². The largest absolute Gasteiger partial charge is 0.478 e. The van der Waals surface area contributed by atoms with Crippen LogP contribution in [0.5, 0.6) is 0 Å². The van der Waals surface area contributed by atoms with Crippen LogP contribution >= 0.6 is 0 Å². The summed E-state index contributed by atoms with van der Waals surface area (Å²) in [4.78, 5) is 10.3. The quantitative estimate of drug-likeness (QED) is 0.415. The maximum atomic E-state index is 10.3. The Labute approximate surface area is 78.3 Å². The number of aliphatic hydroxyl groups is 1. The summed E-state index contributed by atoms with van der Waals surface area (Å²) in [5, 5.41) is 20.4. The molecule has 0 saturated heterocycles. The first-order valence-corrected chi connectivity index (χ1v) is 4.33. The molecule has 0 fully saturated rings. The van der Waals surface area contributed by atoms with Gasteiger partial charge in [-0.3, -0.25) is 0 Å². The first-order valence-electron chi connectivity index (χ1n) is 4.33. The minimum absolute atomic E-state index is 0.308. The molecule has 0 bridgehead atoms. The molecular formula is C9H17NO3. The lowest BCUT2D eigenvalue weighted by molar-refractivity contribution is -0.132. The maximum Gasteiger partial charge on any atom is 0.330 e. The number of nitrogens with one attached hydrogen (secondary N) is 1. The van der Waals surface area contributed by atoms with Gasteiger partial charge in [0.15, 0.2) is 0 Å². The van der Waals surface area contributed by atoms with Crippen LogP contribution in [0.4, 0.5) is 0 Å². The third-order valence-electron chi connectivity index (χ3n) is 1.63. The van der Waals surface area contributed by atoms with Gasteiger partial charge >= 0.3 is 5.97 Å². The van der Waals surface area contributed by atoms with Crippen LogP contribution in [0.3, 0.4) is 0 Å². The first-order chi connectivity index (χ1) is 6.04. The second-order valence-corrected chi connectivity index (χ2v) is 3.03. The summed E-state index contributed by atoms with van der Waals surface area (Å²) >= 11 is 0. The normalized spacial score (nSPS) is 14.2. The number of carboxylic acid groups (broad SMARTS) is 1. The molecule has 13 heavy (non-hydrogen) atoms. The van der Waals surface area contributed by atoms with Crippen molar-refractivity contribution in [1.29, 1.82) is 0 Å². The molecule has 0 aliphatic carbocycles. The van der Waals surface area contributed by atoms with Gasteiger partial charge < -0.3 is 15.5 Å². The average Bonchev–Trinajstić information content (AvgIpc) is 2.02. The van der Waals surface area contributed by atoms with E-state index in [0.29, 0.717) is 25.1 Å². The van der Waals surface area contributed by atoms with E-state index in [0.717, 1.165) is 0 Å². The number of aliphatic hydroxyl groups excluding tert-OH is 1. The SMILES string of the molecule is C/C(=C/CNCCC(C)O)C(=O)O. The standard InChI is InChI=1S/C9H17NO3/c1-7(9(12)13)3-5-10-6-4-8(2)11/h3,8,10-11H,4-6H2,1-2H3,(H,12,13)/b7-3-. The van der Waals surface area contributed by atoms with E-state index < -0.39 is 5.97 Å². The highest BCUT2D eigenvalue weighted by atomic mass is 16.4. The molecule has 0 rings (SSSR count). The van der Waals surface area contributed by atoms with Gasteiger partial charge in [-0.25, -0.2) is 4.79 Å². The van der Waals surface area contributed by atoms with Crippen molar-refractivity contribution in [3.63, 3.8) is 0 Å². The average molecular weight is 187 g/mol. The molecule has 1 unspecified atom stereocenters. The summed E-state index contributed by atoms with van der Waals surface area (Å²) in [6.07, 6.45) is 1.99. The van der Waals surface area contributed by atoms with Crippen molar-refractivity contribution >= 4 is 5.97 Å². The van der Waals surface area contributed by atoms with Gasteiger partial charge in [0.25, 0.3) is 0 Å². The fraction of sp³-hybridized carbons (Fsp3) is 0.667. The highest BCUT2D eigenvalue weighted by molar-refractivity contribution is 5.85. The Kier molecular flexibility index (Phi) is 6.18. The molecule has 76 valence electrons. The molecule has 3 N–H and O–H groups in total. The summed E-state index contributed by atoms with van der Waals surface area (Å²) in [6.45, 7) is 4.50. The fourth-order valence-corrected chi connectivity index (χ4v) is 0.726. The molecule has 1 atom stereocenters. The Morgan fingerprint density at radius 1 is 1.62 bits per heavy atom. The molecule has 0 aromatic rings. The zero-order valence-electron chi connectivity index (χ0n) is 8.08. The fourth-order valence-electron chi connectivity index (χ4n) is 0.726. The Balaban J connectivity index is 3.45. The molecule has 0 aromatic heterocycles. The number of rotatable bonds is 6. The van der Waals surface area contributed by atoms with Crippen LogP contribution in [-0.4, -0.2) is 35.4 Å². The van der Waals surface area contributed by atoms with Crippen molar-refractivity contribution in [2.45, 2.75) is 26.4 Å². The minimum Gasteiger partial charge on any atom is -0.478 e. The zero-order chi connectivity index (χ0) is 10.3. The van der Waals surface area contributed by atoms with Gasteiger partial charge in [-0.2, -0.15) is 0 Å². The highest BCUT2D eigenvalue weighted by Gasteiger charge is 1.97. The van der Waals surface area contributed by atoms with Gasteiger partial charge in [0.2, 0.25) is 0 Å². The Bertz CT molecular complexity index is 187. The Morgan fingerprint density at radius 3 is 2.69 bits per heavy atom. The molecule has 0 heterocycles. The van der Waals surface area contributed by atoms with Gasteiger partial charge in [0.05, 0.1) is 6.10 Å². The minimum atomic E-state index is -0.891. The van der Waals surface area contributed by atoms with E-state index in [1.165, 1.54) is 0 Å². The van der Waals surface area contributed by atoms with E-state index in [1.54, 1.807) is 19.9 Å². The lowest BCUT2D eigenvalue weighted by Crippen LogP contribution is -2.19. The summed E-state index contributed by atoms with van der Waals surface area (Å²) in [5.41, 5.74) is 0.338. The monoisotopic (exact) mass is 187 g/mol. The predicted molar refractivity (Wildman–Crippen MR) is 50.6 cm³/mol. The third kappa shape index (κ3) is 7.49. The molecule has 0 aromatic carbocycles. The summed E-state index contributed by atoms with van der Waals surface area (Å²) in [6, 6.07) is 0. The molecule has 0 saturated carbocycles. The number of hydrogen-bond acceptors (Lipinski definition) is 3. The summed E-state index contributed by atoms with van der Waals surface area (Å²) < 4.78 is 0. The van der Waals surface area contributed by atoms with Crippen LogP contribution < -0.4 is 5.32 Å². The van der Waals surface area contributed by atoms with E-state index in [2.05, 4.69) is 5.32 Å². The zero-order valence-corrected chi connectivity index (χ0v) is 8.08. The molecule has 4 nitrogen and oxygen atoms in total. The van der Waals surface area contributed by atoms with Crippen molar-refractivity contribution < 1.29 is 15.0 Å². The molecule has 0 radical (unpaired) electrons. The Hall–Kier alpha value is -0.870. The van der Waals surface area contributed by atoms with Crippen molar-refractivity contribution in [2.75, 3.05) is 13.1 Å². The second kappa shape index (κ2) is 6.62. The maximum absolute atomic E-state index is 10.3. The molecule has 0 aliphatic rings. The molecule has 0 amide bonds. The number of hydrogen-bond donors (Lipinski definition) is 3. The lowest BCUT2D eigenvalue weighted by atomic mass is 10.2. The van der Waals surface area contributed by atoms with Crippen LogP contribution in [0.2, 0.25) is 0 Å². The highest BCUT2D eigenvalue weighted by Crippen LogP contribution is 1.90. The number of aliphatic carboxylic acids is 1. The number of carboxylic acids is 1. The summed E-state index contributed by atoms with van der Waals surface area (Å²) in [7, 11) is 0. The lowest BCUT2D eigenvalue weighted by Gasteiger charge is -2.03. The van der Waals surface area contributed by atoms with Crippen LogP contribution in [0.15, 0.2) is 11.6 Å².